The Labute approximate surface area is 282 Å². The molecule has 5 heterocycles. The zero-order valence-corrected chi connectivity index (χ0v) is 26.9. The van der Waals surface area contributed by atoms with Crippen LogP contribution in [0.2, 0.25) is 0 Å². The van der Waals surface area contributed by atoms with Crippen molar-refractivity contribution in [2.24, 2.45) is 5.73 Å². The molecule has 0 saturated carbocycles. The highest BCUT2D eigenvalue weighted by Gasteiger charge is 2.67. The molecule has 1 unspecified atom stereocenters. The van der Waals surface area contributed by atoms with Gasteiger partial charge in [-0.05, 0) is 30.5 Å². The van der Waals surface area contributed by atoms with Crippen LogP contribution in [0.3, 0.4) is 0 Å². The van der Waals surface area contributed by atoms with E-state index in [2.05, 4.69) is 20.9 Å². The lowest BCUT2D eigenvalue weighted by molar-refractivity contribution is -0.689. The number of nitrogens with zero attached hydrogens (tertiary/aromatic N) is 4. The number of carboxylic acids is 1. The number of carbonyl (C=O) groups excluding carboxylic acids is 6. The number of carbonyl (C=O) groups is 7. The van der Waals surface area contributed by atoms with Crippen molar-refractivity contribution in [2.45, 2.75) is 30.2 Å². The van der Waals surface area contributed by atoms with E-state index in [-0.39, 0.29) is 49.6 Å². The van der Waals surface area contributed by atoms with Gasteiger partial charge in [0, 0.05) is 60.4 Å². The van der Waals surface area contributed by atoms with Crippen LogP contribution in [0.1, 0.15) is 12.5 Å². The number of nitrogens with one attached hydrogen (secondary N) is 4. The van der Waals surface area contributed by atoms with Crippen molar-refractivity contribution in [1.29, 1.82) is 0 Å². The summed E-state index contributed by atoms with van der Waals surface area (Å²) in [6.45, 7) is 1.99. The number of aromatic amines is 1. The number of urea groups is 1. The molecular weight excluding hydrogens is 658 g/mol. The fraction of sp³-hybridized carbons (Fsp3) is 0.290. The maximum atomic E-state index is 14.3. The number of imide groups is 1. The number of fused-ring (bicyclic) bond motifs is 2. The first-order valence-corrected chi connectivity index (χ1v) is 16.2. The van der Waals surface area contributed by atoms with E-state index < -0.39 is 52.3 Å². The second-order valence-corrected chi connectivity index (χ2v) is 12.6. The van der Waals surface area contributed by atoms with E-state index >= 15 is 0 Å². The third-order valence-electron chi connectivity index (χ3n) is 8.71. The predicted molar refractivity (Wildman–Crippen MR) is 171 cm³/mol. The fourth-order valence-corrected chi connectivity index (χ4v) is 7.54. The van der Waals surface area contributed by atoms with E-state index in [1.807, 2.05) is 0 Å². The van der Waals surface area contributed by atoms with E-state index in [1.54, 1.807) is 60.4 Å². The molecule has 0 bridgehead atoms. The molecule has 7 amide bonds. The lowest BCUT2D eigenvalue weighted by atomic mass is 9.92. The molecule has 2 saturated heterocycles. The van der Waals surface area contributed by atoms with Gasteiger partial charge >= 0.3 is 23.8 Å². The quantitative estimate of drug-likeness (QED) is 0.0473. The van der Waals surface area contributed by atoms with Gasteiger partial charge in [0.2, 0.25) is 12.1 Å². The first kappa shape index (κ1) is 33.2. The molecule has 17 nitrogen and oxygen atoms in total. The van der Waals surface area contributed by atoms with Gasteiger partial charge in [-0.15, -0.1) is 11.8 Å². The Morgan fingerprint density at radius 3 is 2.59 bits per heavy atom. The molecule has 2 aromatic heterocycles. The highest BCUT2D eigenvalue weighted by molar-refractivity contribution is 8.00. The standard InChI is InChI=1S/C31H31N9O8S/c1-2-38-12-13-39(24(43)23(38)42)29(48)36-30(32,20-6-7-21-18(14-20)8-9-33-21)26(46)35-31(34-17-41)27(47)40-22(25(44)45)19(16-49-28(31)40)15-37-10-4-3-5-11-37/h3-11,14,17,28,33H,2,12-13,15-16,32H2,1H3,(H3-,34,35,36,41,44,45,46,48)/p+1/t28-,30?,31+/m0/s1. The van der Waals surface area contributed by atoms with Crippen molar-refractivity contribution >= 4 is 64.7 Å². The fourth-order valence-electron chi connectivity index (χ4n) is 6.12. The summed E-state index contributed by atoms with van der Waals surface area (Å²) in [5, 5.41) is 16.9. The van der Waals surface area contributed by atoms with Crippen LogP contribution in [-0.4, -0.2) is 103 Å². The molecule has 49 heavy (non-hydrogen) atoms. The van der Waals surface area contributed by atoms with Crippen molar-refractivity contribution in [3.05, 3.63) is 77.9 Å². The molecule has 254 valence electrons. The maximum Gasteiger partial charge on any atom is 0.352 e. The number of nitrogens with two attached hydrogens (primary N) is 1. The number of benzene rings is 1. The number of β-lactam (4-membered cyclic amide) rings is 1. The molecule has 3 aliphatic heterocycles. The van der Waals surface area contributed by atoms with Gasteiger partial charge in [-0.3, -0.25) is 39.5 Å². The molecule has 3 aliphatic rings. The topological polar surface area (TPSA) is 231 Å². The normalized spacial score (nSPS) is 21.9. The molecule has 6 rings (SSSR count). The number of hydrogen-bond acceptors (Lipinski definition) is 9. The lowest BCUT2D eigenvalue weighted by Gasteiger charge is -2.56. The number of pyridine rings is 1. The number of thioether (sulfide) groups is 1. The molecule has 3 aromatic rings. The molecule has 0 aliphatic carbocycles. The summed E-state index contributed by atoms with van der Waals surface area (Å²) in [4.78, 5) is 97.5. The molecule has 2 fully saturated rings. The first-order valence-electron chi connectivity index (χ1n) is 15.1. The van der Waals surface area contributed by atoms with Gasteiger partial charge in [0.15, 0.2) is 24.6 Å². The van der Waals surface area contributed by atoms with Gasteiger partial charge in [-0.1, -0.05) is 12.1 Å². The summed E-state index contributed by atoms with van der Waals surface area (Å²) < 4.78 is 1.75. The van der Waals surface area contributed by atoms with E-state index in [1.165, 1.54) is 17.0 Å². The Hall–Kier alpha value is -5.75. The Morgan fingerprint density at radius 2 is 1.90 bits per heavy atom. The Kier molecular flexibility index (Phi) is 8.59. The largest absolute Gasteiger partial charge is 0.477 e. The Balaban J connectivity index is 1.34. The van der Waals surface area contributed by atoms with Crippen molar-refractivity contribution in [1.82, 2.24) is 35.6 Å². The van der Waals surface area contributed by atoms with Crippen LogP contribution in [0, 0.1) is 0 Å². The van der Waals surface area contributed by atoms with E-state index in [4.69, 9.17) is 5.73 Å². The minimum Gasteiger partial charge on any atom is -0.477 e. The van der Waals surface area contributed by atoms with E-state index in [0.717, 1.165) is 16.7 Å². The smallest absolute Gasteiger partial charge is 0.352 e. The minimum absolute atomic E-state index is 0.0332. The highest BCUT2D eigenvalue weighted by Crippen LogP contribution is 2.45. The zero-order valence-electron chi connectivity index (χ0n) is 26.0. The zero-order chi connectivity index (χ0) is 35.1. The third-order valence-corrected chi connectivity index (χ3v) is 10.1. The van der Waals surface area contributed by atoms with Crippen LogP contribution in [0.25, 0.3) is 10.9 Å². The van der Waals surface area contributed by atoms with Crippen LogP contribution in [-0.2, 0) is 41.0 Å². The van der Waals surface area contributed by atoms with Crippen LogP contribution in [0.5, 0.6) is 0 Å². The SMILES string of the molecule is CCN1CCN(C(=O)NC(N)(C(=O)N[C@]2(NC=O)C(=O)N3C(C(=O)O)=C(C[n+]4ccccc4)CS[C@H]32)c2ccc3[nH]ccc3c2)C(=O)C1=O. The van der Waals surface area contributed by atoms with E-state index in [0.29, 0.717) is 21.4 Å². The van der Waals surface area contributed by atoms with Gasteiger partial charge in [0.25, 0.3) is 11.8 Å². The van der Waals surface area contributed by atoms with Crippen molar-refractivity contribution in [3.8, 4) is 0 Å². The molecule has 3 atom stereocenters. The molecule has 0 radical (unpaired) electrons. The number of aromatic nitrogens is 2. The van der Waals surface area contributed by atoms with Gasteiger partial charge in [0.05, 0.1) is 0 Å². The Bertz CT molecular complexity index is 1930. The molecular formula is C31H32N9O8S+. The summed E-state index contributed by atoms with van der Waals surface area (Å²) in [6, 6.07) is 10.4. The predicted octanol–water partition coefficient (Wildman–Crippen LogP) is -1.52. The summed E-state index contributed by atoms with van der Waals surface area (Å²) in [5.74, 6) is -5.39. The van der Waals surface area contributed by atoms with Gasteiger partial charge in [-0.2, -0.15) is 0 Å². The van der Waals surface area contributed by atoms with Gasteiger partial charge < -0.3 is 30.9 Å². The Morgan fingerprint density at radius 1 is 1.14 bits per heavy atom. The van der Waals surface area contributed by atoms with Crippen molar-refractivity contribution in [3.63, 3.8) is 0 Å². The van der Waals surface area contributed by atoms with Gasteiger partial charge in [-0.25, -0.2) is 14.2 Å². The maximum absolute atomic E-state index is 14.3. The van der Waals surface area contributed by atoms with Crippen molar-refractivity contribution < 1.29 is 43.2 Å². The summed E-state index contributed by atoms with van der Waals surface area (Å²) >= 11 is 1.11. The van der Waals surface area contributed by atoms with Crippen LogP contribution in [0.15, 0.2) is 72.3 Å². The number of aliphatic carboxylic acids is 1. The summed E-state index contributed by atoms with van der Waals surface area (Å²) in [7, 11) is 0. The average Bonchev–Trinajstić information content (AvgIpc) is 3.57. The minimum atomic E-state index is -2.48. The molecule has 18 heteroatoms. The number of amides is 7. The van der Waals surface area contributed by atoms with E-state index in [9.17, 15) is 38.7 Å². The van der Waals surface area contributed by atoms with Crippen molar-refractivity contribution in [2.75, 3.05) is 25.4 Å². The van der Waals surface area contributed by atoms with Crippen LogP contribution < -0.4 is 26.3 Å². The summed E-state index contributed by atoms with van der Waals surface area (Å²) in [6.07, 6.45) is 5.32. The van der Waals surface area contributed by atoms with Gasteiger partial charge in [0.1, 0.15) is 11.1 Å². The first-order chi connectivity index (χ1) is 23.4. The highest BCUT2D eigenvalue weighted by atomic mass is 32.2. The summed E-state index contributed by atoms with van der Waals surface area (Å²) in [5.41, 5.74) is 2.90. The molecule has 1 aromatic carbocycles. The molecule has 7 N–H and O–H groups in total. The number of piperazine rings is 1. The van der Waals surface area contributed by atoms with Crippen LogP contribution in [0.4, 0.5) is 4.79 Å². The number of H-pyrrole nitrogens is 1. The van der Waals surface area contributed by atoms with Crippen LogP contribution >= 0.6 is 11.8 Å². The number of likely N-dealkylation sites (N-methyl/N-ethyl adjacent to an activating group) is 1. The number of hydrogen-bond donors (Lipinski definition) is 6. The number of rotatable bonds is 10. The average molecular weight is 691 g/mol. The molecule has 0 spiro atoms. The second-order valence-electron chi connectivity index (χ2n) is 11.5. The number of carboxylic acid groups (broad SMARTS) is 1. The second kappa shape index (κ2) is 12.7. The third kappa shape index (κ3) is 5.53. The lowest BCUT2D eigenvalue weighted by Crippen LogP contribution is -2.86. The monoisotopic (exact) mass is 690 g/mol.